The average molecular weight is 295 g/mol. The number of piperidine rings is 1. The fourth-order valence-corrected chi connectivity index (χ4v) is 3.06. The van der Waals surface area contributed by atoms with E-state index in [0.29, 0.717) is 6.04 Å². The first-order chi connectivity index (χ1) is 8.24. The Kier molecular flexibility index (Phi) is 2.92. The highest BCUT2D eigenvalue weighted by molar-refractivity contribution is 9.10. The molecule has 0 aliphatic carbocycles. The molecule has 2 atom stereocenters. The van der Waals surface area contributed by atoms with Gasteiger partial charge >= 0.3 is 0 Å². The van der Waals surface area contributed by atoms with Crippen molar-refractivity contribution < 1.29 is 4.79 Å². The highest BCUT2D eigenvalue weighted by atomic mass is 79.9. The SMILES string of the molecule is O=C1C2CC(CN1CCc1ccccc1Br)N2. The third-order valence-corrected chi connectivity index (χ3v) is 4.39. The van der Waals surface area contributed by atoms with E-state index < -0.39 is 0 Å². The van der Waals surface area contributed by atoms with Gasteiger partial charge in [0.1, 0.15) is 0 Å². The fourth-order valence-electron chi connectivity index (χ4n) is 2.58. The number of piperazine rings is 1. The van der Waals surface area contributed by atoms with Crippen LogP contribution in [-0.4, -0.2) is 36.0 Å². The molecule has 3 fully saturated rings. The molecule has 4 heteroatoms. The van der Waals surface area contributed by atoms with Gasteiger partial charge in [0, 0.05) is 23.6 Å². The topological polar surface area (TPSA) is 32.3 Å². The van der Waals surface area contributed by atoms with E-state index in [1.165, 1.54) is 5.56 Å². The molecular weight excluding hydrogens is 280 g/mol. The smallest absolute Gasteiger partial charge is 0.239 e. The molecule has 1 N–H and O–H groups in total. The van der Waals surface area contributed by atoms with E-state index in [4.69, 9.17) is 0 Å². The number of fused-ring (bicyclic) bond motifs is 2. The molecule has 0 saturated carbocycles. The van der Waals surface area contributed by atoms with E-state index in [0.717, 1.165) is 30.4 Å². The van der Waals surface area contributed by atoms with Crippen molar-refractivity contribution in [3.8, 4) is 0 Å². The fraction of sp³-hybridized carbons (Fsp3) is 0.462. The van der Waals surface area contributed by atoms with E-state index in [1.54, 1.807) is 0 Å². The lowest BCUT2D eigenvalue weighted by atomic mass is 9.90. The highest BCUT2D eigenvalue weighted by Crippen LogP contribution is 2.23. The molecule has 0 aromatic heterocycles. The maximum absolute atomic E-state index is 11.9. The summed E-state index contributed by atoms with van der Waals surface area (Å²) in [6.45, 7) is 1.70. The van der Waals surface area contributed by atoms with Crippen molar-refractivity contribution in [1.82, 2.24) is 10.2 Å². The van der Waals surface area contributed by atoms with E-state index in [9.17, 15) is 4.79 Å². The van der Waals surface area contributed by atoms with Gasteiger partial charge in [-0.15, -0.1) is 0 Å². The van der Waals surface area contributed by atoms with E-state index in [1.807, 2.05) is 23.1 Å². The zero-order chi connectivity index (χ0) is 11.8. The Hall–Kier alpha value is -0.870. The summed E-state index contributed by atoms with van der Waals surface area (Å²) >= 11 is 3.54. The lowest BCUT2D eigenvalue weighted by Crippen LogP contribution is -2.69. The Morgan fingerprint density at radius 2 is 2.18 bits per heavy atom. The molecule has 0 radical (unpaired) electrons. The van der Waals surface area contributed by atoms with Crippen LogP contribution in [0.4, 0.5) is 0 Å². The number of halogens is 1. The summed E-state index contributed by atoms with van der Waals surface area (Å²) in [6.07, 6.45) is 1.96. The normalized spacial score (nSPS) is 26.9. The summed E-state index contributed by atoms with van der Waals surface area (Å²) in [5.41, 5.74) is 1.27. The van der Waals surface area contributed by atoms with Crippen LogP contribution in [0.25, 0.3) is 0 Å². The number of rotatable bonds is 3. The van der Waals surface area contributed by atoms with Crippen LogP contribution in [0.2, 0.25) is 0 Å². The molecule has 0 spiro atoms. The second kappa shape index (κ2) is 4.42. The van der Waals surface area contributed by atoms with Gasteiger partial charge in [-0.3, -0.25) is 4.79 Å². The van der Waals surface area contributed by atoms with E-state index >= 15 is 0 Å². The minimum Gasteiger partial charge on any atom is -0.339 e. The van der Waals surface area contributed by atoms with Crippen molar-refractivity contribution in [3.05, 3.63) is 34.3 Å². The first-order valence-corrected chi connectivity index (χ1v) is 6.81. The number of hydrogen-bond acceptors (Lipinski definition) is 2. The molecule has 2 unspecified atom stereocenters. The standard InChI is InChI=1S/C13H15BrN2O/c14-11-4-2-1-3-9(11)5-6-16-8-10-7-12(15-10)13(16)17/h1-4,10,12,15H,5-8H2. The first kappa shape index (κ1) is 11.2. The number of nitrogens with zero attached hydrogens (tertiary/aromatic N) is 1. The lowest BCUT2D eigenvalue weighted by molar-refractivity contribution is -0.142. The molecule has 2 bridgehead atoms. The second-order valence-corrected chi connectivity index (χ2v) is 5.63. The van der Waals surface area contributed by atoms with Crippen LogP contribution in [0.5, 0.6) is 0 Å². The highest BCUT2D eigenvalue weighted by Gasteiger charge is 2.42. The minimum atomic E-state index is 0.105. The summed E-state index contributed by atoms with van der Waals surface area (Å²) in [5, 5.41) is 3.27. The number of hydrogen-bond donors (Lipinski definition) is 1. The molecule has 1 amide bonds. The maximum Gasteiger partial charge on any atom is 0.239 e. The van der Waals surface area contributed by atoms with E-state index in [-0.39, 0.29) is 11.9 Å². The van der Waals surface area contributed by atoms with Crippen molar-refractivity contribution in [2.24, 2.45) is 0 Å². The first-order valence-electron chi connectivity index (χ1n) is 6.02. The molecule has 90 valence electrons. The van der Waals surface area contributed by atoms with Crippen LogP contribution in [0.15, 0.2) is 28.7 Å². The number of carbonyl (C=O) groups is 1. The zero-order valence-electron chi connectivity index (χ0n) is 9.53. The Balaban J connectivity index is 1.61. The Labute approximate surface area is 109 Å². The number of benzene rings is 1. The Morgan fingerprint density at radius 3 is 2.88 bits per heavy atom. The summed E-state index contributed by atoms with van der Waals surface area (Å²) < 4.78 is 1.13. The summed E-state index contributed by atoms with van der Waals surface area (Å²) in [7, 11) is 0. The van der Waals surface area contributed by atoms with Crippen LogP contribution in [0.1, 0.15) is 12.0 Å². The molecule has 17 heavy (non-hydrogen) atoms. The third-order valence-electron chi connectivity index (χ3n) is 3.62. The predicted molar refractivity (Wildman–Crippen MR) is 69.8 cm³/mol. The second-order valence-electron chi connectivity index (χ2n) is 4.78. The summed E-state index contributed by atoms with van der Waals surface area (Å²) in [4.78, 5) is 13.9. The monoisotopic (exact) mass is 294 g/mol. The van der Waals surface area contributed by atoms with Gasteiger partial charge in [-0.25, -0.2) is 0 Å². The van der Waals surface area contributed by atoms with Crippen molar-refractivity contribution in [2.75, 3.05) is 13.1 Å². The zero-order valence-corrected chi connectivity index (χ0v) is 11.1. The average Bonchev–Trinajstić information content (AvgIpc) is 2.28. The molecule has 3 aliphatic heterocycles. The molecule has 3 saturated heterocycles. The molecular formula is C13H15BrN2O. The molecule has 1 aromatic carbocycles. The van der Waals surface area contributed by atoms with Gasteiger partial charge in [0.2, 0.25) is 5.91 Å². The van der Waals surface area contributed by atoms with Gasteiger partial charge < -0.3 is 10.2 Å². The lowest BCUT2D eigenvalue weighted by Gasteiger charge is -2.47. The van der Waals surface area contributed by atoms with Crippen LogP contribution in [0, 0.1) is 0 Å². The van der Waals surface area contributed by atoms with Gasteiger partial charge in [-0.1, -0.05) is 34.1 Å². The van der Waals surface area contributed by atoms with Gasteiger partial charge in [0.05, 0.1) is 6.04 Å². The van der Waals surface area contributed by atoms with Crippen molar-refractivity contribution in [1.29, 1.82) is 0 Å². The van der Waals surface area contributed by atoms with Crippen LogP contribution >= 0.6 is 15.9 Å². The molecule has 3 heterocycles. The van der Waals surface area contributed by atoms with Crippen LogP contribution in [-0.2, 0) is 11.2 Å². The molecule has 1 aromatic rings. The summed E-state index contributed by atoms with van der Waals surface area (Å²) in [6, 6.07) is 8.85. The Bertz CT molecular complexity index is 443. The Morgan fingerprint density at radius 1 is 1.41 bits per heavy atom. The van der Waals surface area contributed by atoms with Gasteiger partial charge in [0.15, 0.2) is 0 Å². The number of carbonyl (C=O) groups excluding carboxylic acids is 1. The van der Waals surface area contributed by atoms with Crippen LogP contribution in [0.3, 0.4) is 0 Å². The largest absolute Gasteiger partial charge is 0.339 e. The molecule has 3 nitrogen and oxygen atoms in total. The van der Waals surface area contributed by atoms with Crippen LogP contribution < -0.4 is 5.32 Å². The molecule has 3 aliphatic rings. The van der Waals surface area contributed by atoms with Crippen molar-refractivity contribution in [2.45, 2.75) is 24.9 Å². The third kappa shape index (κ3) is 2.11. The van der Waals surface area contributed by atoms with E-state index in [2.05, 4.69) is 27.3 Å². The van der Waals surface area contributed by atoms with Gasteiger partial charge in [-0.2, -0.15) is 0 Å². The quantitative estimate of drug-likeness (QED) is 0.918. The minimum absolute atomic E-state index is 0.105. The maximum atomic E-state index is 11.9. The van der Waals surface area contributed by atoms with Gasteiger partial charge in [0.25, 0.3) is 0 Å². The van der Waals surface area contributed by atoms with Crippen molar-refractivity contribution >= 4 is 21.8 Å². The predicted octanol–water partition coefficient (Wildman–Crippen LogP) is 1.56. The van der Waals surface area contributed by atoms with Crippen molar-refractivity contribution in [3.63, 3.8) is 0 Å². The molecule has 4 rings (SSSR count). The number of nitrogens with one attached hydrogen (secondary N) is 1. The van der Waals surface area contributed by atoms with Gasteiger partial charge in [-0.05, 0) is 24.5 Å². The number of amides is 1. The summed E-state index contributed by atoms with van der Waals surface area (Å²) in [5.74, 6) is 0.277.